The standard InChI is InChI=1S/C15H13NO3/c1-9-3-2-4-12-13(9)16-14(18)15(12,19)10-5-7-11(17)8-6-10/h2-8,17,19H,1H3,(H,16,18). The fourth-order valence-corrected chi connectivity index (χ4v) is 2.45. The summed E-state index contributed by atoms with van der Waals surface area (Å²) in [5.41, 5.74) is 0.841. The second-order valence-electron chi connectivity index (χ2n) is 4.71. The first-order valence-electron chi connectivity index (χ1n) is 5.97. The smallest absolute Gasteiger partial charge is 0.265 e. The molecule has 4 heteroatoms. The number of carbonyl (C=O) groups excluding carboxylic acids is 1. The van der Waals surface area contributed by atoms with E-state index in [9.17, 15) is 15.0 Å². The van der Waals surface area contributed by atoms with Gasteiger partial charge in [0.2, 0.25) is 0 Å². The normalized spacial score (nSPS) is 21.1. The van der Waals surface area contributed by atoms with Gasteiger partial charge in [0.1, 0.15) is 5.75 Å². The Morgan fingerprint density at radius 3 is 2.47 bits per heavy atom. The summed E-state index contributed by atoms with van der Waals surface area (Å²) >= 11 is 0. The molecule has 2 aromatic rings. The monoisotopic (exact) mass is 255 g/mol. The van der Waals surface area contributed by atoms with E-state index in [1.54, 1.807) is 24.3 Å². The SMILES string of the molecule is Cc1cccc2c1NC(=O)C2(O)c1ccc(O)cc1. The number of para-hydroxylation sites is 1. The Labute approximate surface area is 110 Å². The summed E-state index contributed by atoms with van der Waals surface area (Å²) in [4.78, 5) is 12.2. The van der Waals surface area contributed by atoms with Crippen molar-refractivity contribution in [2.75, 3.05) is 5.32 Å². The van der Waals surface area contributed by atoms with Crippen LogP contribution in [0.25, 0.3) is 0 Å². The lowest BCUT2D eigenvalue weighted by Gasteiger charge is -2.21. The van der Waals surface area contributed by atoms with Gasteiger partial charge in [-0.1, -0.05) is 30.3 Å². The summed E-state index contributed by atoms with van der Waals surface area (Å²) in [7, 11) is 0. The molecule has 19 heavy (non-hydrogen) atoms. The Morgan fingerprint density at radius 2 is 1.79 bits per heavy atom. The lowest BCUT2D eigenvalue weighted by atomic mass is 9.87. The van der Waals surface area contributed by atoms with Crippen LogP contribution >= 0.6 is 0 Å². The summed E-state index contributed by atoms with van der Waals surface area (Å²) in [6.07, 6.45) is 0. The van der Waals surface area contributed by atoms with Crippen molar-refractivity contribution in [1.82, 2.24) is 0 Å². The van der Waals surface area contributed by atoms with Crippen molar-refractivity contribution in [3.63, 3.8) is 0 Å². The van der Waals surface area contributed by atoms with Crippen LogP contribution in [0.2, 0.25) is 0 Å². The number of fused-ring (bicyclic) bond motifs is 1. The summed E-state index contributed by atoms with van der Waals surface area (Å²) < 4.78 is 0. The molecule has 1 unspecified atom stereocenters. The molecule has 0 aliphatic carbocycles. The maximum absolute atomic E-state index is 12.2. The van der Waals surface area contributed by atoms with Crippen molar-refractivity contribution in [3.05, 3.63) is 59.2 Å². The number of aromatic hydroxyl groups is 1. The van der Waals surface area contributed by atoms with Gasteiger partial charge in [-0.3, -0.25) is 4.79 Å². The molecular formula is C15H13NO3. The zero-order chi connectivity index (χ0) is 13.6. The molecule has 1 aliphatic rings. The van der Waals surface area contributed by atoms with Crippen LogP contribution in [0.3, 0.4) is 0 Å². The number of phenols is 1. The van der Waals surface area contributed by atoms with Gasteiger partial charge in [-0.05, 0) is 30.2 Å². The molecule has 96 valence electrons. The summed E-state index contributed by atoms with van der Waals surface area (Å²) in [6.45, 7) is 1.88. The van der Waals surface area contributed by atoms with Crippen LogP contribution < -0.4 is 5.32 Å². The predicted molar refractivity (Wildman–Crippen MR) is 70.9 cm³/mol. The number of hydrogen-bond donors (Lipinski definition) is 3. The molecule has 0 fully saturated rings. The minimum atomic E-state index is -1.70. The molecule has 0 spiro atoms. The molecule has 0 aromatic heterocycles. The van der Waals surface area contributed by atoms with Gasteiger partial charge in [-0.2, -0.15) is 0 Å². The van der Waals surface area contributed by atoms with Crippen molar-refractivity contribution in [2.45, 2.75) is 12.5 Å². The highest BCUT2D eigenvalue weighted by Gasteiger charge is 2.47. The molecule has 1 heterocycles. The maximum Gasteiger partial charge on any atom is 0.265 e. The number of amides is 1. The first kappa shape index (κ1) is 11.7. The van der Waals surface area contributed by atoms with Gasteiger partial charge in [0.25, 0.3) is 5.91 Å². The third-order valence-electron chi connectivity index (χ3n) is 3.51. The number of hydrogen-bond acceptors (Lipinski definition) is 3. The van der Waals surface area contributed by atoms with E-state index in [1.807, 2.05) is 13.0 Å². The number of carbonyl (C=O) groups is 1. The highest BCUT2D eigenvalue weighted by atomic mass is 16.3. The van der Waals surface area contributed by atoms with E-state index in [0.717, 1.165) is 5.56 Å². The third kappa shape index (κ3) is 1.54. The van der Waals surface area contributed by atoms with Gasteiger partial charge in [-0.25, -0.2) is 0 Å². The van der Waals surface area contributed by atoms with Crippen LogP contribution in [0, 0.1) is 6.92 Å². The van der Waals surface area contributed by atoms with Crippen molar-refractivity contribution in [1.29, 1.82) is 0 Å². The molecule has 3 N–H and O–H groups in total. The van der Waals surface area contributed by atoms with Crippen molar-refractivity contribution >= 4 is 11.6 Å². The van der Waals surface area contributed by atoms with Gasteiger partial charge in [0.05, 0.1) is 5.69 Å². The minimum absolute atomic E-state index is 0.0928. The van der Waals surface area contributed by atoms with Crippen LogP contribution in [0.4, 0.5) is 5.69 Å². The predicted octanol–water partition coefficient (Wildman–Crippen LogP) is 1.89. The average Bonchev–Trinajstić information content (AvgIpc) is 2.66. The molecule has 1 atom stereocenters. The Morgan fingerprint density at radius 1 is 1.11 bits per heavy atom. The van der Waals surface area contributed by atoms with E-state index in [0.29, 0.717) is 16.8 Å². The van der Waals surface area contributed by atoms with Crippen molar-refractivity contribution in [2.24, 2.45) is 0 Å². The van der Waals surface area contributed by atoms with Crippen LogP contribution in [-0.4, -0.2) is 16.1 Å². The molecular weight excluding hydrogens is 242 g/mol. The molecule has 3 rings (SSSR count). The second kappa shape index (κ2) is 3.83. The van der Waals surface area contributed by atoms with Crippen LogP contribution in [0.1, 0.15) is 16.7 Å². The zero-order valence-electron chi connectivity index (χ0n) is 10.3. The van der Waals surface area contributed by atoms with E-state index in [1.165, 1.54) is 12.1 Å². The number of nitrogens with one attached hydrogen (secondary N) is 1. The van der Waals surface area contributed by atoms with Crippen molar-refractivity contribution < 1.29 is 15.0 Å². The van der Waals surface area contributed by atoms with Crippen LogP contribution in [-0.2, 0) is 10.4 Å². The van der Waals surface area contributed by atoms with E-state index in [2.05, 4.69) is 5.32 Å². The summed E-state index contributed by atoms with van der Waals surface area (Å²) in [5.74, 6) is -0.377. The molecule has 0 radical (unpaired) electrons. The lowest BCUT2D eigenvalue weighted by molar-refractivity contribution is -0.129. The first-order chi connectivity index (χ1) is 9.03. The summed E-state index contributed by atoms with van der Waals surface area (Å²) in [5, 5.41) is 22.8. The average molecular weight is 255 g/mol. The Hall–Kier alpha value is -2.33. The Kier molecular flexibility index (Phi) is 2.37. The lowest BCUT2D eigenvalue weighted by Crippen LogP contribution is -2.35. The summed E-state index contributed by atoms with van der Waals surface area (Å²) in [6, 6.07) is 11.4. The Balaban J connectivity index is 2.23. The molecule has 4 nitrogen and oxygen atoms in total. The number of anilines is 1. The Bertz CT molecular complexity index is 664. The van der Waals surface area contributed by atoms with E-state index in [-0.39, 0.29) is 5.75 Å². The van der Waals surface area contributed by atoms with Crippen molar-refractivity contribution in [3.8, 4) is 5.75 Å². The van der Waals surface area contributed by atoms with Gasteiger partial charge in [0.15, 0.2) is 5.60 Å². The topological polar surface area (TPSA) is 69.6 Å². The first-order valence-corrected chi connectivity index (χ1v) is 5.97. The molecule has 1 amide bonds. The fraction of sp³-hybridized carbons (Fsp3) is 0.133. The van der Waals surface area contributed by atoms with Gasteiger partial charge in [0, 0.05) is 5.56 Å². The van der Waals surface area contributed by atoms with E-state index in [4.69, 9.17) is 0 Å². The molecule has 0 saturated carbocycles. The van der Waals surface area contributed by atoms with Crippen LogP contribution in [0.5, 0.6) is 5.75 Å². The number of rotatable bonds is 1. The quantitative estimate of drug-likeness (QED) is 0.728. The second-order valence-corrected chi connectivity index (χ2v) is 4.71. The van der Waals surface area contributed by atoms with E-state index < -0.39 is 11.5 Å². The van der Waals surface area contributed by atoms with E-state index >= 15 is 0 Å². The molecule has 0 bridgehead atoms. The largest absolute Gasteiger partial charge is 0.508 e. The van der Waals surface area contributed by atoms with Gasteiger partial charge < -0.3 is 15.5 Å². The zero-order valence-corrected chi connectivity index (χ0v) is 10.3. The molecule has 1 aliphatic heterocycles. The number of phenolic OH excluding ortho intramolecular Hbond substituents is 1. The van der Waals surface area contributed by atoms with Crippen LogP contribution in [0.15, 0.2) is 42.5 Å². The molecule has 0 saturated heterocycles. The third-order valence-corrected chi connectivity index (χ3v) is 3.51. The van der Waals surface area contributed by atoms with Gasteiger partial charge in [-0.15, -0.1) is 0 Å². The molecule has 2 aromatic carbocycles. The minimum Gasteiger partial charge on any atom is -0.508 e. The van der Waals surface area contributed by atoms with Gasteiger partial charge >= 0.3 is 0 Å². The highest BCUT2D eigenvalue weighted by Crippen LogP contribution is 2.42. The number of aryl methyl sites for hydroxylation is 1. The fourth-order valence-electron chi connectivity index (χ4n) is 2.45. The number of benzene rings is 2. The highest BCUT2D eigenvalue weighted by molar-refractivity contribution is 6.07. The maximum atomic E-state index is 12.2. The number of aliphatic hydroxyl groups is 1.